The Bertz CT molecular complexity index is 337. The van der Waals surface area contributed by atoms with E-state index in [4.69, 9.17) is 10.6 Å². The van der Waals surface area contributed by atoms with Crippen LogP contribution in [0.25, 0.3) is 0 Å². The minimum absolute atomic E-state index is 0.193. The second kappa shape index (κ2) is 4.59. The number of halogens is 1. The molecule has 0 bridgehead atoms. The summed E-state index contributed by atoms with van der Waals surface area (Å²) in [5.41, 5.74) is 6.49. The lowest BCUT2D eigenvalue weighted by atomic mass is 10.2. The number of rotatable bonds is 2. The first-order valence-electron chi connectivity index (χ1n) is 5.17. The molecule has 2 rings (SSSR count). The van der Waals surface area contributed by atoms with Crippen LogP contribution in [0.15, 0.2) is 18.2 Å². The van der Waals surface area contributed by atoms with E-state index in [0.29, 0.717) is 6.54 Å². The van der Waals surface area contributed by atoms with Gasteiger partial charge in [0.05, 0.1) is 12.3 Å². The Balaban J connectivity index is 2.00. The average molecular weight is 210 g/mol. The predicted molar refractivity (Wildman–Crippen MR) is 56.4 cm³/mol. The Hall–Kier alpha value is -1.13. The Labute approximate surface area is 88.6 Å². The molecule has 1 heterocycles. The van der Waals surface area contributed by atoms with Crippen LogP contribution in [-0.2, 0) is 11.4 Å². The summed E-state index contributed by atoms with van der Waals surface area (Å²) >= 11 is 0. The van der Waals surface area contributed by atoms with Gasteiger partial charge in [0, 0.05) is 13.1 Å². The molecule has 0 spiro atoms. The molecule has 0 atom stereocenters. The van der Waals surface area contributed by atoms with Crippen molar-refractivity contribution < 1.29 is 9.23 Å². The van der Waals surface area contributed by atoms with E-state index in [1.165, 1.54) is 6.07 Å². The topological polar surface area (TPSA) is 38.5 Å². The van der Waals surface area contributed by atoms with Gasteiger partial charge in [0.25, 0.3) is 0 Å². The highest BCUT2D eigenvalue weighted by Crippen LogP contribution is 2.15. The zero-order chi connectivity index (χ0) is 10.7. The Morgan fingerprint density at radius 2 is 2.27 bits per heavy atom. The van der Waals surface area contributed by atoms with Crippen LogP contribution >= 0.6 is 0 Å². The fourth-order valence-corrected chi connectivity index (χ4v) is 1.65. The summed E-state index contributed by atoms with van der Waals surface area (Å²) < 4.78 is 13.1. The van der Waals surface area contributed by atoms with Crippen LogP contribution in [0.1, 0.15) is 18.4 Å². The van der Waals surface area contributed by atoms with Crippen molar-refractivity contribution in [3.05, 3.63) is 29.6 Å². The molecular formula is C11H15FN2O. The molecule has 0 radical (unpaired) electrons. The first-order valence-corrected chi connectivity index (χ1v) is 5.17. The zero-order valence-corrected chi connectivity index (χ0v) is 8.58. The molecule has 3 nitrogen and oxygen atoms in total. The molecule has 0 amide bonds. The molecular weight excluding hydrogens is 195 g/mol. The van der Waals surface area contributed by atoms with E-state index in [-0.39, 0.29) is 11.5 Å². The second-order valence-corrected chi connectivity index (χ2v) is 3.76. The van der Waals surface area contributed by atoms with Gasteiger partial charge >= 0.3 is 0 Å². The van der Waals surface area contributed by atoms with Crippen molar-refractivity contribution in [3.63, 3.8) is 0 Å². The predicted octanol–water partition coefficient (Wildman–Crippen LogP) is 1.94. The van der Waals surface area contributed by atoms with Crippen LogP contribution in [0.4, 0.5) is 10.1 Å². The van der Waals surface area contributed by atoms with Gasteiger partial charge in [-0.05, 0) is 30.5 Å². The van der Waals surface area contributed by atoms with Crippen LogP contribution in [0.5, 0.6) is 0 Å². The highest BCUT2D eigenvalue weighted by atomic mass is 19.1. The van der Waals surface area contributed by atoms with Crippen molar-refractivity contribution in [1.82, 2.24) is 5.06 Å². The number of hydrogen-bond donors (Lipinski definition) is 1. The molecule has 0 aromatic heterocycles. The van der Waals surface area contributed by atoms with Crippen molar-refractivity contribution in [2.45, 2.75) is 19.4 Å². The van der Waals surface area contributed by atoms with Gasteiger partial charge in [-0.15, -0.1) is 0 Å². The van der Waals surface area contributed by atoms with E-state index >= 15 is 0 Å². The fraction of sp³-hybridized carbons (Fsp3) is 0.455. The lowest BCUT2D eigenvalue weighted by molar-refractivity contribution is -0.187. The molecule has 15 heavy (non-hydrogen) atoms. The monoisotopic (exact) mass is 210 g/mol. The Morgan fingerprint density at radius 1 is 1.40 bits per heavy atom. The highest BCUT2D eigenvalue weighted by molar-refractivity contribution is 5.41. The third kappa shape index (κ3) is 2.67. The van der Waals surface area contributed by atoms with Crippen LogP contribution < -0.4 is 5.73 Å². The Kier molecular flexibility index (Phi) is 3.18. The van der Waals surface area contributed by atoms with Gasteiger partial charge in [-0.3, -0.25) is 4.84 Å². The van der Waals surface area contributed by atoms with Gasteiger partial charge in [-0.25, -0.2) is 4.39 Å². The molecule has 0 saturated carbocycles. The maximum absolute atomic E-state index is 13.1. The first kappa shape index (κ1) is 10.4. The first-order chi connectivity index (χ1) is 7.25. The number of nitrogens with zero attached hydrogens (tertiary/aromatic N) is 1. The van der Waals surface area contributed by atoms with Crippen LogP contribution in [0.2, 0.25) is 0 Å². The molecule has 4 heteroatoms. The summed E-state index contributed by atoms with van der Waals surface area (Å²) in [4.78, 5) is 5.43. The molecule has 1 aromatic rings. The molecule has 1 saturated heterocycles. The van der Waals surface area contributed by atoms with Crippen LogP contribution in [0, 0.1) is 5.82 Å². The zero-order valence-electron chi connectivity index (χ0n) is 8.58. The van der Waals surface area contributed by atoms with E-state index in [0.717, 1.165) is 31.6 Å². The van der Waals surface area contributed by atoms with Crippen molar-refractivity contribution in [1.29, 1.82) is 0 Å². The normalized spacial score (nSPS) is 17.9. The molecule has 2 N–H and O–H groups in total. The summed E-state index contributed by atoms with van der Waals surface area (Å²) in [5, 5.41) is 1.87. The minimum Gasteiger partial charge on any atom is -0.396 e. The lowest BCUT2D eigenvalue weighted by Crippen LogP contribution is -2.29. The number of benzene rings is 1. The molecule has 0 unspecified atom stereocenters. The van der Waals surface area contributed by atoms with E-state index < -0.39 is 0 Å². The van der Waals surface area contributed by atoms with E-state index in [1.54, 1.807) is 6.07 Å². The van der Waals surface area contributed by atoms with E-state index in [9.17, 15) is 4.39 Å². The average Bonchev–Trinajstić information content (AvgIpc) is 2.25. The minimum atomic E-state index is -0.357. The summed E-state index contributed by atoms with van der Waals surface area (Å²) in [5.74, 6) is -0.357. The van der Waals surface area contributed by atoms with Gasteiger partial charge < -0.3 is 5.73 Å². The Morgan fingerprint density at radius 3 is 2.93 bits per heavy atom. The summed E-state index contributed by atoms with van der Waals surface area (Å²) in [6, 6.07) is 4.89. The van der Waals surface area contributed by atoms with Crippen molar-refractivity contribution in [2.24, 2.45) is 0 Å². The molecule has 0 aliphatic carbocycles. The van der Waals surface area contributed by atoms with Crippen molar-refractivity contribution in [3.8, 4) is 0 Å². The molecule has 1 fully saturated rings. The van der Waals surface area contributed by atoms with E-state index in [2.05, 4.69) is 0 Å². The maximum atomic E-state index is 13.1. The third-order valence-corrected chi connectivity index (χ3v) is 2.50. The number of nitrogen functional groups attached to an aromatic ring is 1. The number of nitrogens with two attached hydrogens (primary N) is 1. The van der Waals surface area contributed by atoms with Crippen LogP contribution in [-0.4, -0.2) is 18.2 Å². The number of hydroxylamine groups is 2. The molecule has 82 valence electrons. The SMILES string of the molecule is Nc1ccc(CN2CCCCO2)cc1F. The standard InChI is InChI=1S/C11H15FN2O/c12-10-7-9(3-4-11(10)13)8-14-5-1-2-6-15-14/h3-4,7H,1-2,5-6,8,13H2. The van der Waals surface area contributed by atoms with E-state index in [1.807, 2.05) is 11.1 Å². The van der Waals surface area contributed by atoms with Gasteiger partial charge in [0.1, 0.15) is 5.82 Å². The largest absolute Gasteiger partial charge is 0.396 e. The quantitative estimate of drug-likeness (QED) is 0.758. The molecule has 1 aromatic carbocycles. The summed E-state index contributed by atoms with van der Waals surface area (Å²) in [6.07, 6.45) is 2.24. The molecule has 1 aliphatic rings. The number of anilines is 1. The molecule has 1 aliphatic heterocycles. The summed E-state index contributed by atoms with van der Waals surface area (Å²) in [7, 11) is 0. The van der Waals surface area contributed by atoms with Crippen LogP contribution in [0.3, 0.4) is 0 Å². The van der Waals surface area contributed by atoms with Gasteiger partial charge in [0.2, 0.25) is 0 Å². The van der Waals surface area contributed by atoms with Gasteiger partial charge in [0.15, 0.2) is 0 Å². The number of hydrogen-bond acceptors (Lipinski definition) is 3. The highest BCUT2D eigenvalue weighted by Gasteiger charge is 2.11. The summed E-state index contributed by atoms with van der Waals surface area (Å²) in [6.45, 7) is 2.29. The third-order valence-electron chi connectivity index (χ3n) is 2.50. The van der Waals surface area contributed by atoms with Crippen molar-refractivity contribution in [2.75, 3.05) is 18.9 Å². The van der Waals surface area contributed by atoms with Gasteiger partial charge in [-0.2, -0.15) is 5.06 Å². The second-order valence-electron chi connectivity index (χ2n) is 3.76. The smallest absolute Gasteiger partial charge is 0.146 e. The fourth-order valence-electron chi connectivity index (χ4n) is 1.65. The van der Waals surface area contributed by atoms with Gasteiger partial charge in [-0.1, -0.05) is 6.07 Å². The maximum Gasteiger partial charge on any atom is 0.146 e. The van der Waals surface area contributed by atoms with Crippen molar-refractivity contribution >= 4 is 5.69 Å². The lowest BCUT2D eigenvalue weighted by Gasteiger charge is -2.25.